The molecule has 3 amide bonds. The minimum Gasteiger partial charge on any atom is -0.508 e. The molecular weight excluding hydrogens is 530 g/mol. The average Bonchev–Trinajstić information content (AvgIpc) is 2.94. The van der Waals surface area contributed by atoms with Crippen molar-refractivity contribution in [1.29, 1.82) is 0 Å². The second kappa shape index (κ2) is 15.1. The largest absolute Gasteiger partial charge is 0.508 e. The fourth-order valence-electron chi connectivity index (χ4n) is 4.64. The van der Waals surface area contributed by atoms with Crippen molar-refractivity contribution in [1.82, 2.24) is 10.2 Å². The fourth-order valence-corrected chi connectivity index (χ4v) is 4.64. The number of carbonyl (C=O) groups is 3. The first-order valence-corrected chi connectivity index (χ1v) is 14.5. The number of nitrogens with one attached hydrogen (secondary N) is 2. The highest BCUT2D eigenvalue weighted by Crippen LogP contribution is 2.27. The Morgan fingerprint density at radius 1 is 0.905 bits per heavy atom. The van der Waals surface area contributed by atoms with Gasteiger partial charge in [-0.3, -0.25) is 9.59 Å². The van der Waals surface area contributed by atoms with Gasteiger partial charge in [-0.15, -0.1) is 0 Å². The van der Waals surface area contributed by atoms with E-state index in [1.54, 1.807) is 37.8 Å². The molecule has 0 radical (unpaired) electrons. The molecule has 3 aromatic carbocycles. The van der Waals surface area contributed by atoms with Gasteiger partial charge < -0.3 is 25.4 Å². The van der Waals surface area contributed by atoms with Crippen molar-refractivity contribution in [2.24, 2.45) is 0 Å². The number of ether oxygens (including phenoxy) is 1. The van der Waals surface area contributed by atoms with Crippen LogP contribution in [0.25, 0.3) is 0 Å². The maximum Gasteiger partial charge on any atom is 0.408 e. The third-order valence-corrected chi connectivity index (χ3v) is 6.73. The summed E-state index contributed by atoms with van der Waals surface area (Å²) < 4.78 is 5.50. The zero-order chi connectivity index (χ0) is 30.7. The second-order valence-electron chi connectivity index (χ2n) is 11.4. The monoisotopic (exact) mass is 573 g/mol. The first-order valence-electron chi connectivity index (χ1n) is 14.5. The van der Waals surface area contributed by atoms with Gasteiger partial charge in [0.2, 0.25) is 5.91 Å². The van der Waals surface area contributed by atoms with Gasteiger partial charge in [0.25, 0.3) is 5.91 Å². The Kier molecular flexibility index (Phi) is 11.5. The van der Waals surface area contributed by atoms with E-state index in [2.05, 4.69) is 17.6 Å². The number of carbonyl (C=O) groups excluding carboxylic acids is 3. The molecule has 42 heavy (non-hydrogen) atoms. The van der Waals surface area contributed by atoms with Crippen LogP contribution in [0.4, 0.5) is 10.5 Å². The molecule has 2 unspecified atom stereocenters. The van der Waals surface area contributed by atoms with Crippen LogP contribution >= 0.6 is 0 Å². The van der Waals surface area contributed by atoms with E-state index < -0.39 is 29.7 Å². The number of para-hydroxylation sites is 1. The standard InChI is InChI=1S/C34H43N3O5/c1-6-7-13-22-37(30(26-15-9-8-10-16-26)31(39)35-28-17-12-11-14-24(28)2)32(40)29(36-33(41)42-34(3,4)5)23-25-18-20-27(38)21-19-25/h8-12,14-21,29-30,38H,6-7,13,22-23H2,1-5H3,(H,35,39)(H,36,41). The Morgan fingerprint density at radius 3 is 2.17 bits per heavy atom. The summed E-state index contributed by atoms with van der Waals surface area (Å²) in [7, 11) is 0. The molecule has 0 aromatic heterocycles. The minimum atomic E-state index is -1.02. The summed E-state index contributed by atoms with van der Waals surface area (Å²) in [6.07, 6.45) is 1.90. The lowest BCUT2D eigenvalue weighted by atomic mass is 9.99. The number of phenols is 1. The highest BCUT2D eigenvalue weighted by atomic mass is 16.6. The van der Waals surface area contributed by atoms with Gasteiger partial charge in [0.1, 0.15) is 23.4 Å². The quantitative estimate of drug-likeness (QED) is 0.213. The third kappa shape index (κ3) is 9.65. The minimum absolute atomic E-state index is 0.0972. The van der Waals surface area contributed by atoms with Crippen molar-refractivity contribution >= 4 is 23.6 Å². The lowest BCUT2D eigenvalue weighted by Gasteiger charge is -2.35. The number of nitrogens with zero attached hydrogens (tertiary/aromatic N) is 1. The molecular formula is C34H43N3O5. The maximum atomic E-state index is 14.5. The lowest BCUT2D eigenvalue weighted by molar-refractivity contribution is -0.140. The molecule has 0 spiro atoms. The molecule has 3 N–H and O–H groups in total. The van der Waals surface area contributed by atoms with E-state index in [0.29, 0.717) is 24.2 Å². The number of rotatable bonds is 12. The van der Waals surface area contributed by atoms with Gasteiger partial charge in [0, 0.05) is 18.7 Å². The molecule has 8 nitrogen and oxygen atoms in total. The van der Waals surface area contributed by atoms with Crippen molar-refractivity contribution in [2.75, 3.05) is 11.9 Å². The number of aromatic hydroxyl groups is 1. The fraction of sp³-hybridized carbons (Fsp3) is 0.382. The lowest BCUT2D eigenvalue weighted by Crippen LogP contribution is -2.53. The van der Waals surface area contributed by atoms with Crippen molar-refractivity contribution in [3.8, 4) is 5.75 Å². The Bertz CT molecular complexity index is 1320. The maximum absolute atomic E-state index is 14.5. The van der Waals surface area contributed by atoms with Gasteiger partial charge in [-0.1, -0.05) is 80.4 Å². The Morgan fingerprint density at radius 2 is 1.55 bits per heavy atom. The highest BCUT2D eigenvalue weighted by Gasteiger charge is 2.36. The Labute approximate surface area is 249 Å². The predicted molar refractivity (Wildman–Crippen MR) is 165 cm³/mol. The molecule has 3 aromatic rings. The third-order valence-electron chi connectivity index (χ3n) is 6.73. The average molecular weight is 574 g/mol. The van der Waals surface area contributed by atoms with Crippen molar-refractivity contribution in [3.05, 3.63) is 95.6 Å². The van der Waals surface area contributed by atoms with E-state index in [4.69, 9.17) is 4.74 Å². The summed E-state index contributed by atoms with van der Waals surface area (Å²) in [5.74, 6) is -0.653. The van der Waals surface area contributed by atoms with E-state index >= 15 is 0 Å². The number of hydrogen-bond donors (Lipinski definition) is 3. The molecule has 8 heteroatoms. The van der Waals surface area contributed by atoms with Crippen LogP contribution in [-0.4, -0.2) is 46.1 Å². The molecule has 0 aliphatic carbocycles. The molecule has 0 heterocycles. The van der Waals surface area contributed by atoms with E-state index in [0.717, 1.165) is 24.0 Å². The number of phenolic OH excluding ortho intramolecular Hbond substituents is 1. The van der Waals surface area contributed by atoms with Crippen LogP contribution in [0.2, 0.25) is 0 Å². The summed E-state index contributed by atoms with van der Waals surface area (Å²) in [4.78, 5) is 43.0. The van der Waals surface area contributed by atoms with Gasteiger partial charge >= 0.3 is 6.09 Å². The number of hydrogen-bond acceptors (Lipinski definition) is 5. The van der Waals surface area contributed by atoms with Gasteiger partial charge in [0.05, 0.1) is 0 Å². The van der Waals surface area contributed by atoms with Gasteiger partial charge in [-0.25, -0.2) is 4.79 Å². The first-order chi connectivity index (χ1) is 20.0. The van der Waals surface area contributed by atoms with Gasteiger partial charge in [-0.05, 0) is 69.0 Å². The highest BCUT2D eigenvalue weighted by molar-refractivity contribution is 5.99. The molecule has 0 bridgehead atoms. The van der Waals surface area contributed by atoms with Crippen LogP contribution in [0.5, 0.6) is 5.75 Å². The van der Waals surface area contributed by atoms with Crippen molar-refractivity contribution in [2.45, 2.75) is 78.0 Å². The Hall–Kier alpha value is -4.33. The van der Waals surface area contributed by atoms with Crippen LogP contribution in [0, 0.1) is 6.92 Å². The number of alkyl carbamates (subject to hydrolysis) is 1. The van der Waals surface area contributed by atoms with E-state index in [-0.39, 0.29) is 18.1 Å². The summed E-state index contributed by atoms with van der Waals surface area (Å²) in [6, 6.07) is 21.2. The van der Waals surface area contributed by atoms with Crippen molar-refractivity contribution in [3.63, 3.8) is 0 Å². The number of aryl methyl sites for hydroxylation is 1. The van der Waals surface area contributed by atoms with Crippen LogP contribution in [0.1, 0.15) is 69.7 Å². The zero-order valence-corrected chi connectivity index (χ0v) is 25.2. The predicted octanol–water partition coefficient (Wildman–Crippen LogP) is 6.54. The summed E-state index contributed by atoms with van der Waals surface area (Å²) in [5.41, 5.74) is 2.19. The first kappa shape index (κ1) is 32.2. The molecule has 224 valence electrons. The van der Waals surface area contributed by atoms with Gasteiger partial charge in [-0.2, -0.15) is 0 Å². The summed E-state index contributed by atoms with van der Waals surface area (Å²) >= 11 is 0. The van der Waals surface area contributed by atoms with Crippen LogP contribution in [-0.2, 0) is 20.7 Å². The number of amides is 3. The van der Waals surface area contributed by atoms with Crippen LogP contribution < -0.4 is 10.6 Å². The molecule has 0 aliphatic rings. The van der Waals surface area contributed by atoms with Crippen LogP contribution in [0.3, 0.4) is 0 Å². The summed E-state index contributed by atoms with van der Waals surface area (Å²) in [5, 5.41) is 15.6. The van der Waals surface area contributed by atoms with E-state index in [1.165, 1.54) is 12.1 Å². The van der Waals surface area contributed by atoms with Crippen LogP contribution in [0.15, 0.2) is 78.9 Å². The van der Waals surface area contributed by atoms with Crippen molar-refractivity contribution < 1.29 is 24.2 Å². The number of unbranched alkanes of at least 4 members (excludes halogenated alkanes) is 2. The van der Waals surface area contributed by atoms with E-state index in [9.17, 15) is 19.5 Å². The second-order valence-corrected chi connectivity index (χ2v) is 11.4. The number of anilines is 1. The molecule has 0 fully saturated rings. The smallest absolute Gasteiger partial charge is 0.408 e. The SMILES string of the molecule is CCCCCN(C(=O)C(Cc1ccc(O)cc1)NC(=O)OC(C)(C)C)C(C(=O)Nc1ccccc1C)c1ccccc1. The number of benzene rings is 3. The summed E-state index contributed by atoms with van der Waals surface area (Å²) in [6.45, 7) is 9.56. The molecule has 0 saturated heterocycles. The molecule has 0 aliphatic heterocycles. The molecule has 0 saturated carbocycles. The topological polar surface area (TPSA) is 108 Å². The zero-order valence-electron chi connectivity index (χ0n) is 25.2. The molecule has 2 atom stereocenters. The normalized spacial score (nSPS) is 12.6. The van der Waals surface area contributed by atoms with E-state index in [1.807, 2.05) is 61.5 Å². The Balaban J connectivity index is 2.04. The van der Waals surface area contributed by atoms with Gasteiger partial charge in [0.15, 0.2) is 0 Å². The molecule has 3 rings (SSSR count).